The standard InChI is InChI=1S/C15H22N2O2/c1-11-9-17(10-15(2,3)19-11)13(14(16)18)12-7-5-4-6-8-12/h4-8,11,13H,9-10H2,1-3H3,(H2,16,18). The Morgan fingerprint density at radius 1 is 1.42 bits per heavy atom. The normalized spacial score (nSPS) is 24.9. The van der Waals surface area contributed by atoms with Gasteiger partial charge in [-0.1, -0.05) is 30.3 Å². The van der Waals surface area contributed by atoms with Gasteiger partial charge in [0.2, 0.25) is 5.91 Å². The predicted molar refractivity (Wildman–Crippen MR) is 74.6 cm³/mol. The maximum Gasteiger partial charge on any atom is 0.239 e. The summed E-state index contributed by atoms with van der Waals surface area (Å²) in [5, 5.41) is 0. The highest BCUT2D eigenvalue weighted by Crippen LogP contribution is 2.28. The lowest BCUT2D eigenvalue weighted by Crippen LogP contribution is -2.54. The minimum atomic E-state index is -0.383. The summed E-state index contributed by atoms with van der Waals surface area (Å²) < 4.78 is 5.88. The number of carbonyl (C=O) groups is 1. The molecule has 1 fully saturated rings. The van der Waals surface area contributed by atoms with Crippen LogP contribution < -0.4 is 5.73 Å². The van der Waals surface area contributed by atoms with E-state index in [0.29, 0.717) is 13.1 Å². The molecule has 1 amide bonds. The van der Waals surface area contributed by atoms with E-state index in [-0.39, 0.29) is 23.7 Å². The van der Waals surface area contributed by atoms with Gasteiger partial charge in [-0.05, 0) is 26.3 Å². The molecule has 4 heteroatoms. The SMILES string of the molecule is CC1CN(C(C(N)=O)c2ccccc2)CC(C)(C)O1. The van der Waals surface area contributed by atoms with Crippen molar-refractivity contribution in [3.05, 3.63) is 35.9 Å². The van der Waals surface area contributed by atoms with Crippen LogP contribution in [0.1, 0.15) is 32.4 Å². The van der Waals surface area contributed by atoms with Crippen molar-refractivity contribution in [1.82, 2.24) is 4.90 Å². The number of benzene rings is 1. The summed E-state index contributed by atoms with van der Waals surface area (Å²) in [5.74, 6) is -0.309. The van der Waals surface area contributed by atoms with Crippen LogP contribution in [-0.2, 0) is 9.53 Å². The van der Waals surface area contributed by atoms with Crippen LogP contribution in [0.2, 0.25) is 0 Å². The molecule has 1 aliphatic rings. The fourth-order valence-corrected chi connectivity index (χ4v) is 2.89. The minimum absolute atomic E-state index is 0.0920. The molecule has 1 saturated heterocycles. The summed E-state index contributed by atoms with van der Waals surface area (Å²) in [7, 11) is 0. The highest BCUT2D eigenvalue weighted by molar-refractivity contribution is 5.81. The Kier molecular flexibility index (Phi) is 3.92. The summed E-state index contributed by atoms with van der Waals surface area (Å²) in [6, 6.07) is 9.31. The maximum atomic E-state index is 11.9. The van der Waals surface area contributed by atoms with E-state index in [0.717, 1.165) is 5.56 Å². The van der Waals surface area contributed by atoms with E-state index >= 15 is 0 Å². The van der Waals surface area contributed by atoms with Crippen molar-refractivity contribution in [1.29, 1.82) is 0 Å². The van der Waals surface area contributed by atoms with Gasteiger partial charge in [0.05, 0.1) is 11.7 Å². The minimum Gasteiger partial charge on any atom is -0.370 e. The maximum absolute atomic E-state index is 11.9. The molecule has 2 atom stereocenters. The molecule has 2 rings (SSSR count). The second-order valence-electron chi connectivity index (χ2n) is 5.83. The molecular weight excluding hydrogens is 240 g/mol. The first-order valence-electron chi connectivity index (χ1n) is 6.65. The Hall–Kier alpha value is -1.39. The summed E-state index contributed by atoms with van der Waals surface area (Å²) in [6.07, 6.45) is 0.0920. The zero-order valence-corrected chi connectivity index (χ0v) is 11.8. The fourth-order valence-electron chi connectivity index (χ4n) is 2.89. The predicted octanol–water partition coefficient (Wildman–Crippen LogP) is 1.71. The second-order valence-corrected chi connectivity index (χ2v) is 5.83. The number of amides is 1. The van der Waals surface area contributed by atoms with Crippen LogP contribution in [0.25, 0.3) is 0 Å². The molecule has 19 heavy (non-hydrogen) atoms. The summed E-state index contributed by atoms with van der Waals surface area (Å²) >= 11 is 0. The fraction of sp³-hybridized carbons (Fsp3) is 0.533. The number of rotatable bonds is 3. The second kappa shape index (κ2) is 5.31. The largest absolute Gasteiger partial charge is 0.370 e. The number of primary amides is 1. The van der Waals surface area contributed by atoms with Crippen LogP contribution >= 0.6 is 0 Å². The van der Waals surface area contributed by atoms with Gasteiger partial charge in [0.1, 0.15) is 6.04 Å². The first-order valence-corrected chi connectivity index (χ1v) is 6.65. The van der Waals surface area contributed by atoms with Crippen LogP contribution in [0.3, 0.4) is 0 Å². The first-order chi connectivity index (χ1) is 8.89. The number of morpholine rings is 1. The van der Waals surface area contributed by atoms with Crippen LogP contribution in [0.15, 0.2) is 30.3 Å². The zero-order valence-electron chi connectivity index (χ0n) is 11.8. The average molecular weight is 262 g/mol. The lowest BCUT2D eigenvalue weighted by atomic mass is 9.99. The molecule has 104 valence electrons. The Morgan fingerprint density at radius 2 is 2.05 bits per heavy atom. The Balaban J connectivity index is 2.27. The van der Waals surface area contributed by atoms with Crippen LogP contribution in [-0.4, -0.2) is 35.6 Å². The number of ether oxygens (including phenoxy) is 1. The van der Waals surface area contributed by atoms with Crippen LogP contribution in [0, 0.1) is 0 Å². The van der Waals surface area contributed by atoms with Gasteiger partial charge in [-0.3, -0.25) is 9.69 Å². The van der Waals surface area contributed by atoms with Gasteiger partial charge in [-0.2, -0.15) is 0 Å². The molecule has 1 aromatic rings. The third kappa shape index (κ3) is 3.33. The van der Waals surface area contributed by atoms with Crippen molar-refractivity contribution in [3.63, 3.8) is 0 Å². The van der Waals surface area contributed by atoms with E-state index in [2.05, 4.69) is 4.90 Å². The molecule has 0 bridgehead atoms. The molecule has 0 aromatic heterocycles. The van der Waals surface area contributed by atoms with E-state index in [1.54, 1.807) is 0 Å². The molecule has 1 heterocycles. The van der Waals surface area contributed by atoms with Gasteiger partial charge in [-0.15, -0.1) is 0 Å². The topological polar surface area (TPSA) is 55.6 Å². The van der Waals surface area contributed by atoms with Gasteiger partial charge in [-0.25, -0.2) is 0 Å². The number of nitrogens with two attached hydrogens (primary N) is 1. The smallest absolute Gasteiger partial charge is 0.239 e. The Morgan fingerprint density at radius 3 is 2.58 bits per heavy atom. The number of nitrogens with zero attached hydrogens (tertiary/aromatic N) is 1. The average Bonchev–Trinajstić information content (AvgIpc) is 2.27. The third-order valence-electron chi connectivity index (χ3n) is 3.35. The van der Waals surface area contributed by atoms with Crippen LogP contribution in [0.4, 0.5) is 0 Å². The van der Waals surface area contributed by atoms with Gasteiger partial charge in [0.15, 0.2) is 0 Å². The lowest BCUT2D eigenvalue weighted by Gasteiger charge is -2.44. The van der Waals surface area contributed by atoms with E-state index < -0.39 is 0 Å². The van der Waals surface area contributed by atoms with E-state index in [9.17, 15) is 4.79 Å². The summed E-state index contributed by atoms with van der Waals surface area (Å²) in [4.78, 5) is 14.0. The molecule has 4 nitrogen and oxygen atoms in total. The molecule has 2 unspecified atom stereocenters. The highest BCUT2D eigenvalue weighted by atomic mass is 16.5. The van der Waals surface area contributed by atoms with Crippen molar-refractivity contribution in [2.45, 2.75) is 38.5 Å². The van der Waals surface area contributed by atoms with Crippen molar-refractivity contribution < 1.29 is 9.53 Å². The number of hydrogen-bond acceptors (Lipinski definition) is 3. The molecule has 0 saturated carbocycles. The molecular formula is C15H22N2O2. The molecule has 1 aliphatic heterocycles. The Bertz CT molecular complexity index is 445. The monoisotopic (exact) mass is 262 g/mol. The first kappa shape index (κ1) is 14.0. The van der Waals surface area contributed by atoms with Crippen molar-refractivity contribution in [2.24, 2.45) is 5.73 Å². The van der Waals surface area contributed by atoms with Gasteiger partial charge in [0, 0.05) is 13.1 Å². The highest BCUT2D eigenvalue weighted by Gasteiger charge is 2.37. The summed E-state index contributed by atoms with van der Waals surface area (Å²) in [6.45, 7) is 7.51. The van der Waals surface area contributed by atoms with E-state index in [4.69, 9.17) is 10.5 Å². The number of carbonyl (C=O) groups excluding carboxylic acids is 1. The van der Waals surface area contributed by atoms with Crippen molar-refractivity contribution in [2.75, 3.05) is 13.1 Å². The molecule has 1 aromatic carbocycles. The molecule has 2 N–H and O–H groups in total. The van der Waals surface area contributed by atoms with Crippen molar-refractivity contribution in [3.8, 4) is 0 Å². The van der Waals surface area contributed by atoms with Gasteiger partial charge >= 0.3 is 0 Å². The van der Waals surface area contributed by atoms with E-state index in [1.165, 1.54) is 0 Å². The number of hydrogen-bond donors (Lipinski definition) is 1. The lowest BCUT2D eigenvalue weighted by molar-refractivity contribution is -0.148. The van der Waals surface area contributed by atoms with Crippen LogP contribution in [0.5, 0.6) is 0 Å². The molecule has 0 aliphatic carbocycles. The quantitative estimate of drug-likeness (QED) is 0.902. The van der Waals surface area contributed by atoms with Gasteiger partial charge in [0.25, 0.3) is 0 Å². The Labute approximate surface area is 114 Å². The molecule has 0 spiro atoms. The molecule has 0 radical (unpaired) electrons. The van der Waals surface area contributed by atoms with Crippen molar-refractivity contribution >= 4 is 5.91 Å². The third-order valence-corrected chi connectivity index (χ3v) is 3.35. The zero-order chi connectivity index (χ0) is 14.0. The summed E-state index contributed by atoms with van der Waals surface area (Å²) in [5.41, 5.74) is 6.29. The van der Waals surface area contributed by atoms with Gasteiger partial charge < -0.3 is 10.5 Å². The van der Waals surface area contributed by atoms with E-state index in [1.807, 2.05) is 51.1 Å².